The van der Waals surface area contributed by atoms with Gasteiger partial charge in [-0.15, -0.1) is 0 Å². The van der Waals surface area contributed by atoms with Crippen molar-refractivity contribution in [2.24, 2.45) is 0 Å². The molecule has 2 fully saturated rings. The zero-order valence-corrected chi connectivity index (χ0v) is 12.7. The lowest BCUT2D eigenvalue weighted by atomic mass is 10.2. The van der Waals surface area contributed by atoms with Crippen LogP contribution >= 0.6 is 0 Å². The molecule has 0 spiro atoms. The monoisotopic (exact) mass is 267 g/mol. The normalized spacial score (nSPS) is 24.0. The van der Waals surface area contributed by atoms with Crippen molar-refractivity contribution in [2.75, 3.05) is 52.4 Å². The number of nitrogens with zero attached hydrogens (tertiary/aromatic N) is 2. The highest BCUT2D eigenvalue weighted by atomic mass is 15.2. The van der Waals surface area contributed by atoms with Gasteiger partial charge in [-0.05, 0) is 51.9 Å². The maximum atomic E-state index is 3.64. The Morgan fingerprint density at radius 2 is 0.895 bits per heavy atom. The van der Waals surface area contributed by atoms with Gasteiger partial charge in [0.2, 0.25) is 0 Å². The molecule has 0 atom stereocenters. The first-order valence-electron chi connectivity index (χ1n) is 8.60. The Balaban J connectivity index is 1.46. The van der Waals surface area contributed by atoms with Crippen LogP contribution in [0.2, 0.25) is 0 Å². The Kier molecular flexibility index (Phi) is 7.82. The second kappa shape index (κ2) is 9.73. The van der Waals surface area contributed by atoms with Gasteiger partial charge in [-0.25, -0.2) is 0 Å². The SMILES string of the molecule is C1CCCN(CCNCCN2CCCCCC2)CC1. The van der Waals surface area contributed by atoms with Crippen molar-refractivity contribution in [1.82, 2.24) is 15.1 Å². The largest absolute Gasteiger partial charge is 0.314 e. The van der Waals surface area contributed by atoms with Crippen molar-refractivity contribution in [3.05, 3.63) is 0 Å². The number of likely N-dealkylation sites (tertiary alicyclic amines) is 2. The molecule has 0 unspecified atom stereocenters. The highest BCUT2D eigenvalue weighted by molar-refractivity contribution is 4.67. The second-order valence-corrected chi connectivity index (χ2v) is 6.26. The van der Waals surface area contributed by atoms with E-state index in [0.717, 1.165) is 0 Å². The molecule has 3 nitrogen and oxygen atoms in total. The van der Waals surface area contributed by atoms with Gasteiger partial charge < -0.3 is 15.1 Å². The van der Waals surface area contributed by atoms with E-state index in [1.54, 1.807) is 0 Å². The molecule has 1 N–H and O–H groups in total. The van der Waals surface area contributed by atoms with E-state index in [2.05, 4.69) is 15.1 Å². The average molecular weight is 267 g/mol. The summed E-state index contributed by atoms with van der Waals surface area (Å²) in [5.41, 5.74) is 0. The maximum absolute atomic E-state index is 3.64. The Hall–Kier alpha value is -0.120. The van der Waals surface area contributed by atoms with Gasteiger partial charge in [0.1, 0.15) is 0 Å². The summed E-state index contributed by atoms with van der Waals surface area (Å²) in [6.45, 7) is 10.2. The summed E-state index contributed by atoms with van der Waals surface area (Å²) in [6.07, 6.45) is 11.4. The summed E-state index contributed by atoms with van der Waals surface area (Å²) in [4.78, 5) is 5.29. The van der Waals surface area contributed by atoms with Gasteiger partial charge >= 0.3 is 0 Å². The molecule has 0 aromatic rings. The molecule has 0 amide bonds. The molecule has 2 saturated heterocycles. The van der Waals surface area contributed by atoms with Gasteiger partial charge in [0.15, 0.2) is 0 Å². The van der Waals surface area contributed by atoms with E-state index in [1.807, 2.05) is 0 Å². The first kappa shape index (κ1) is 15.3. The predicted octanol–water partition coefficient (Wildman–Crippen LogP) is 2.33. The van der Waals surface area contributed by atoms with Crippen LogP contribution in [0.4, 0.5) is 0 Å². The number of hydrogen-bond acceptors (Lipinski definition) is 3. The lowest BCUT2D eigenvalue weighted by Crippen LogP contribution is -2.37. The fourth-order valence-electron chi connectivity index (χ4n) is 3.32. The van der Waals surface area contributed by atoms with Crippen molar-refractivity contribution in [2.45, 2.75) is 51.4 Å². The van der Waals surface area contributed by atoms with E-state index in [1.165, 1.54) is 104 Å². The molecule has 0 aromatic carbocycles. The molecule has 0 aliphatic carbocycles. The van der Waals surface area contributed by atoms with Gasteiger partial charge in [0.25, 0.3) is 0 Å². The Labute approximate surface area is 119 Å². The third kappa shape index (κ3) is 6.73. The highest BCUT2D eigenvalue weighted by Gasteiger charge is 2.09. The van der Waals surface area contributed by atoms with Crippen LogP contribution in [0.3, 0.4) is 0 Å². The zero-order valence-electron chi connectivity index (χ0n) is 12.7. The van der Waals surface area contributed by atoms with Crippen molar-refractivity contribution >= 4 is 0 Å². The molecule has 19 heavy (non-hydrogen) atoms. The molecule has 2 rings (SSSR count). The molecule has 0 bridgehead atoms. The minimum absolute atomic E-state index is 1.17. The molecule has 2 aliphatic heterocycles. The van der Waals surface area contributed by atoms with Crippen molar-refractivity contribution in [3.8, 4) is 0 Å². The number of nitrogens with one attached hydrogen (secondary N) is 1. The third-order valence-corrected chi connectivity index (χ3v) is 4.61. The summed E-state index contributed by atoms with van der Waals surface area (Å²) in [6, 6.07) is 0. The molecule has 2 aliphatic rings. The topological polar surface area (TPSA) is 18.5 Å². The molecule has 0 aromatic heterocycles. The van der Waals surface area contributed by atoms with E-state index in [-0.39, 0.29) is 0 Å². The predicted molar refractivity (Wildman–Crippen MR) is 82.7 cm³/mol. The van der Waals surface area contributed by atoms with Crippen LogP contribution in [0.1, 0.15) is 51.4 Å². The smallest absolute Gasteiger partial charge is 0.0107 e. The van der Waals surface area contributed by atoms with Crippen LogP contribution in [0, 0.1) is 0 Å². The van der Waals surface area contributed by atoms with Gasteiger partial charge in [0, 0.05) is 26.2 Å². The quantitative estimate of drug-likeness (QED) is 0.745. The number of hydrogen-bond donors (Lipinski definition) is 1. The first-order valence-corrected chi connectivity index (χ1v) is 8.60. The molecular formula is C16H33N3. The fourth-order valence-corrected chi connectivity index (χ4v) is 3.32. The van der Waals surface area contributed by atoms with E-state index in [4.69, 9.17) is 0 Å². The molecule has 112 valence electrons. The fraction of sp³-hybridized carbons (Fsp3) is 1.00. The van der Waals surface area contributed by atoms with E-state index in [9.17, 15) is 0 Å². The van der Waals surface area contributed by atoms with Gasteiger partial charge in [-0.3, -0.25) is 0 Å². The van der Waals surface area contributed by atoms with E-state index >= 15 is 0 Å². The summed E-state index contributed by atoms with van der Waals surface area (Å²) in [7, 11) is 0. The lowest BCUT2D eigenvalue weighted by Gasteiger charge is -2.22. The number of rotatable bonds is 6. The Morgan fingerprint density at radius 3 is 1.26 bits per heavy atom. The third-order valence-electron chi connectivity index (χ3n) is 4.61. The summed E-state index contributed by atoms with van der Waals surface area (Å²) >= 11 is 0. The summed E-state index contributed by atoms with van der Waals surface area (Å²) < 4.78 is 0. The maximum Gasteiger partial charge on any atom is 0.0107 e. The minimum Gasteiger partial charge on any atom is -0.314 e. The highest BCUT2D eigenvalue weighted by Crippen LogP contribution is 2.09. The van der Waals surface area contributed by atoms with Crippen LogP contribution in [0.25, 0.3) is 0 Å². The molecule has 2 heterocycles. The standard InChI is InChI=1S/C16H33N3/c1-2-6-12-18(11-5-1)15-9-17-10-16-19-13-7-3-4-8-14-19/h17H,1-16H2. The molecule has 3 heteroatoms. The van der Waals surface area contributed by atoms with Gasteiger partial charge in [-0.1, -0.05) is 25.7 Å². The van der Waals surface area contributed by atoms with E-state index in [0.29, 0.717) is 0 Å². The molecular weight excluding hydrogens is 234 g/mol. The van der Waals surface area contributed by atoms with Gasteiger partial charge in [0.05, 0.1) is 0 Å². The zero-order chi connectivity index (χ0) is 13.2. The Morgan fingerprint density at radius 1 is 0.526 bits per heavy atom. The average Bonchev–Trinajstić information content (AvgIpc) is 2.83. The first-order chi connectivity index (χ1) is 9.45. The van der Waals surface area contributed by atoms with Crippen LogP contribution in [0.15, 0.2) is 0 Å². The summed E-state index contributed by atoms with van der Waals surface area (Å²) in [5, 5.41) is 3.64. The van der Waals surface area contributed by atoms with E-state index < -0.39 is 0 Å². The lowest BCUT2D eigenvalue weighted by molar-refractivity contribution is 0.266. The molecule has 0 radical (unpaired) electrons. The van der Waals surface area contributed by atoms with Crippen LogP contribution in [-0.2, 0) is 0 Å². The summed E-state index contributed by atoms with van der Waals surface area (Å²) in [5.74, 6) is 0. The van der Waals surface area contributed by atoms with Crippen molar-refractivity contribution < 1.29 is 0 Å². The van der Waals surface area contributed by atoms with Crippen LogP contribution < -0.4 is 5.32 Å². The van der Waals surface area contributed by atoms with Crippen LogP contribution in [-0.4, -0.2) is 62.2 Å². The van der Waals surface area contributed by atoms with Crippen molar-refractivity contribution in [3.63, 3.8) is 0 Å². The molecule has 0 saturated carbocycles. The minimum atomic E-state index is 1.17. The second-order valence-electron chi connectivity index (χ2n) is 6.26. The van der Waals surface area contributed by atoms with Crippen LogP contribution in [0.5, 0.6) is 0 Å². The Bertz CT molecular complexity index is 182. The van der Waals surface area contributed by atoms with Gasteiger partial charge in [-0.2, -0.15) is 0 Å². The van der Waals surface area contributed by atoms with Crippen molar-refractivity contribution in [1.29, 1.82) is 0 Å².